The Morgan fingerprint density at radius 3 is 2.65 bits per heavy atom. The molecule has 0 aromatic rings. The van der Waals surface area contributed by atoms with E-state index in [1.54, 1.807) is 7.11 Å². The molecule has 5 heteroatoms. The Bertz CT molecular complexity index is 216. The molecule has 1 N–H and O–H groups in total. The lowest BCUT2D eigenvalue weighted by Crippen LogP contribution is -2.40. The first-order valence-corrected chi connectivity index (χ1v) is 6.40. The molecule has 0 aromatic carbocycles. The number of likely N-dealkylation sites (tertiary alicyclic amines) is 1. The van der Waals surface area contributed by atoms with Crippen LogP contribution < -0.4 is 5.32 Å². The number of hydrogen-bond acceptors (Lipinski definition) is 3. The molecule has 100 valence electrons. The lowest BCUT2D eigenvalue weighted by atomic mass is 10.4. The normalized spacial score (nSPS) is 16.6. The maximum absolute atomic E-state index is 5.40. The van der Waals surface area contributed by atoms with Crippen LogP contribution in [0.4, 0.5) is 0 Å². The predicted molar refractivity (Wildman–Crippen MR) is 69.5 cm³/mol. The first-order valence-electron chi connectivity index (χ1n) is 6.40. The van der Waals surface area contributed by atoms with E-state index in [0.717, 1.165) is 38.6 Å². The molecule has 0 unspecified atom stereocenters. The van der Waals surface area contributed by atoms with E-state index < -0.39 is 0 Å². The van der Waals surface area contributed by atoms with Crippen molar-refractivity contribution in [2.75, 3.05) is 53.6 Å². The first kappa shape index (κ1) is 14.3. The van der Waals surface area contributed by atoms with Crippen molar-refractivity contribution in [2.24, 2.45) is 4.99 Å². The summed E-state index contributed by atoms with van der Waals surface area (Å²) in [5.41, 5.74) is 0. The summed E-state index contributed by atoms with van der Waals surface area (Å²) in [5.74, 6) is 1.03. The number of methoxy groups -OCH3 is 1. The van der Waals surface area contributed by atoms with Crippen molar-refractivity contribution >= 4 is 5.96 Å². The molecule has 1 aliphatic heterocycles. The quantitative estimate of drug-likeness (QED) is 0.406. The third kappa shape index (κ3) is 5.89. The van der Waals surface area contributed by atoms with Crippen LogP contribution in [0, 0.1) is 0 Å². The van der Waals surface area contributed by atoms with Crippen molar-refractivity contribution in [2.45, 2.75) is 19.3 Å². The van der Waals surface area contributed by atoms with E-state index in [0.29, 0.717) is 13.2 Å². The fourth-order valence-corrected chi connectivity index (χ4v) is 1.88. The smallest absolute Gasteiger partial charge is 0.193 e. The number of aliphatic imine (C=N–C) groups is 1. The van der Waals surface area contributed by atoms with Gasteiger partial charge >= 0.3 is 0 Å². The predicted octanol–water partition coefficient (Wildman–Crippen LogP) is 0.711. The van der Waals surface area contributed by atoms with Crippen molar-refractivity contribution < 1.29 is 9.47 Å². The minimum atomic E-state index is 0.670. The standard InChI is InChI=1S/C12H25N3O2/c1-13-12(15-7-3-4-8-15)14-6-5-9-17-11-10-16-2/h3-11H2,1-2H3,(H,13,14). The molecule has 17 heavy (non-hydrogen) atoms. The number of nitrogens with zero attached hydrogens (tertiary/aromatic N) is 2. The fourth-order valence-electron chi connectivity index (χ4n) is 1.88. The molecule has 0 bridgehead atoms. The number of nitrogens with one attached hydrogen (secondary N) is 1. The van der Waals surface area contributed by atoms with Gasteiger partial charge in [0.15, 0.2) is 5.96 Å². The van der Waals surface area contributed by atoms with Crippen LogP contribution in [0.2, 0.25) is 0 Å². The van der Waals surface area contributed by atoms with Gasteiger partial charge in [0.05, 0.1) is 13.2 Å². The summed E-state index contributed by atoms with van der Waals surface area (Å²) in [6.07, 6.45) is 3.55. The second-order valence-corrected chi connectivity index (χ2v) is 4.13. The van der Waals surface area contributed by atoms with Crippen molar-refractivity contribution in [3.05, 3.63) is 0 Å². The van der Waals surface area contributed by atoms with Gasteiger partial charge in [-0.1, -0.05) is 0 Å². The first-order chi connectivity index (χ1) is 8.38. The molecule has 5 nitrogen and oxygen atoms in total. The Morgan fingerprint density at radius 1 is 1.24 bits per heavy atom. The van der Waals surface area contributed by atoms with Crippen molar-refractivity contribution in [1.29, 1.82) is 0 Å². The van der Waals surface area contributed by atoms with Crippen molar-refractivity contribution in [3.63, 3.8) is 0 Å². The van der Waals surface area contributed by atoms with E-state index in [2.05, 4.69) is 15.2 Å². The lowest BCUT2D eigenvalue weighted by Gasteiger charge is -2.20. The highest BCUT2D eigenvalue weighted by Crippen LogP contribution is 2.06. The highest BCUT2D eigenvalue weighted by molar-refractivity contribution is 5.80. The second kappa shape index (κ2) is 9.24. The Morgan fingerprint density at radius 2 is 2.00 bits per heavy atom. The number of ether oxygens (including phenoxy) is 2. The van der Waals surface area contributed by atoms with Crippen LogP contribution in [0.1, 0.15) is 19.3 Å². The average molecular weight is 243 g/mol. The molecule has 0 atom stereocenters. The van der Waals surface area contributed by atoms with Gasteiger partial charge in [-0.15, -0.1) is 0 Å². The van der Waals surface area contributed by atoms with Gasteiger partial charge in [-0.25, -0.2) is 0 Å². The van der Waals surface area contributed by atoms with Gasteiger partial charge in [-0.05, 0) is 19.3 Å². The molecule has 1 heterocycles. The lowest BCUT2D eigenvalue weighted by molar-refractivity contribution is 0.0698. The van der Waals surface area contributed by atoms with E-state index in [-0.39, 0.29) is 0 Å². The molecule has 0 amide bonds. The second-order valence-electron chi connectivity index (χ2n) is 4.13. The van der Waals surface area contributed by atoms with Gasteiger partial charge in [0.1, 0.15) is 0 Å². The van der Waals surface area contributed by atoms with Crippen LogP contribution in [0.15, 0.2) is 4.99 Å². The molecule has 0 radical (unpaired) electrons. The van der Waals surface area contributed by atoms with Gasteiger partial charge in [-0.3, -0.25) is 4.99 Å². The van der Waals surface area contributed by atoms with Crippen LogP contribution in [0.25, 0.3) is 0 Å². The van der Waals surface area contributed by atoms with E-state index in [1.807, 2.05) is 7.05 Å². The summed E-state index contributed by atoms with van der Waals surface area (Å²) in [6.45, 7) is 5.29. The summed E-state index contributed by atoms with van der Waals surface area (Å²) >= 11 is 0. The van der Waals surface area contributed by atoms with Crippen LogP contribution in [-0.4, -0.2) is 64.5 Å². The van der Waals surface area contributed by atoms with E-state index in [4.69, 9.17) is 9.47 Å². The Balaban J connectivity index is 2.00. The van der Waals surface area contributed by atoms with Gasteiger partial charge < -0.3 is 19.7 Å². The molecule has 0 aliphatic carbocycles. The largest absolute Gasteiger partial charge is 0.382 e. The van der Waals surface area contributed by atoms with Crippen LogP contribution >= 0.6 is 0 Å². The summed E-state index contributed by atoms with van der Waals surface area (Å²) < 4.78 is 10.3. The maximum Gasteiger partial charge on any atom is 0.193 e. The zero-order valence-corrected chi connectivity index (χ0v) is 11.1. The molecule has 1 rings (SSSR count). The summed E-state index contributed by atoms with van der Waals surface area (Å²) in [7, 11) is 3.53. The van der Waals surface area contributed by atoms with E-state index >= 15 is 0 Å². The molecular weight excluding hydrogens is 218 g/mol. The average Bonchev–Trinajstić information content (AvgIpc) is 2.86. The Kier molecular flexibility index (Phi) is 7.75. The zero-order valence-electron chi connectivity index (χ0n) is 11.1. The molecule has 1 aliphatic rings. The minimum absolute atomic E-state index is 0.670. The summed E-state index contributed by atoms with van der Waals surface area (Å²) in [6, 6.07) is 0. The highest BCUT2D eigenvalue weighted by Gasteiger charge is 2.14. The fraction of sp³-hybridized carbons (Fsp3) is 0.917. The van der Waals surface area contributed by atoms with Gasteiger partial charge in [0, 0.05) is 40.4 Å². The maximum atomic E-state index is 5.40. The molecule has 0 spiro atoms. The topological polar surface area (TPSA) is 46.1 Å². The highest BCUT2D eigenvalue weighted by atomic mass is 16.5. The van der Waals surface area contributed by atoms with E-state index in [1.165, 1.54) is 12.8 Å². The SMILES string of the molecule is CN=C(NCCCOCCOC)N1CCCC1. The van der Waals surface area contributed by atoms with Crippen LogP contribution in [0.5, 0.6) is 0 Å². The van der Waals surface area contributed by atoms with Gasteiger partial charge in [0.2, 0.25) is 0 Å². The molecule has 1 saturated heterocycles. The Labute approximate surface area is 104 Å². The van der Waals surface area contributed by atoms with Crippen LogP contribution in [0.3, 0.4) is 0 Å². The molecule has 1 fully saturated rings. The van der Waals surface area contributed by atoms with Crippen molar-refractivity contribution in [1.82, 2.24) is 10.2 Å². The minimum Gasteiger partial charge on any atom is -0.382 e. The monoisotopic (exact) mass is 243 g/mol. The summed E-state index contributed by atoms with van der Waals surface area (Å²) in [5, 5.41) is 3.37. The molecule has 0 aromatic heterocycles. The zero-order chi connectivity index (χ0) is 12.3. The Hall–Kier alpha value is -0.810. The number of rotatable bonds is 7. The van der Waals surface area contributed by atoms with E-state index in [9.17, 15) is 0 Å². The number of hydrogen-bond donors (Lipinski definition) is 1. The number of guanidine groups is 1. The van der Waals surface area contributed by atoms with Crippen LogP contribution in [-0.2, 0) is 9.47 Å². The third-order valence-electron chi connectivity index (χ3n) is 2.80. The third-order valence-corrected chi connectivity index (χ3v) is 2.80. The molecule has 0 saturated carbocycles. The van der Waals surface area contributed by atoms with Gasteiger partial charge in [0.25, 0.3) is 0 Å². The van der Waals surface area contributed by atoms with Gasteiger partial charge in [-0.2, -0.15) is 0 Å². The summed E-state index contributed by atoms with van der Waals surface area (Å²) in [4.78, 5) is 6.60. The molecular formula is C12H25N3O2. The van der Waals surface area contributed by atoms with Crippen molar-refractivity contribution in [3.8, 4) is 0 Å².